The highest BCUT2D eigenvalue weighted by molar-refractivity contribution is 9.10. The Morgan fingerprint density at radius 3 is 2.80 bits per heavy atom. The van der Waals surface area contributed by atoms with Crippen LogP contribution in [0.3, 0.4) is 0 Å². The lowest BCUT2D eigenvalue weighted by Gasteiger charge is -2.25. The van der Waals surface area contributed by atoms with Crippen molar-refractivity contribution >= 4 is 21.6 Å². The largest absolute Gasteiger partial charge is 0.344 e. The summed E-state index contributed by atoms with van der Waals surface area (Å²) in [5, 5.41) is 0. The first-order valence-electron chi connectivity index (χ1n) is 5.04. The van der Waals surface area contributed by atoms with Crippen LogP contribution in [-0.2, 0) is 0 Å². The van der Waals surface area contributed by atoms with Crippen molar-refractivity contribution in [3.05, 3.63) is 52.2 Å². The lowest BCUT2D eigenvalue weighted by Crippen LogP contribution is -2.21. The predicted octanol–water partition coefficient (Wildman–Crippen LogP) is 4.04. The molecule has 15 heavy (non-hydrogen) atoms. The van der Waals surface area contributed by atoms with Gasteiger partial charge in [-0.2, -0.15) is 0 Å². The van der Waals surface area contributed by atoms with E-state index >= 15 is 0 Å². The van der Waals surface area contributed by atoms with Gasteiger partial charge in [-0.05, 0) is 37.6 Å². The van der Waals surface area contributed by atoms with E-state index in [1.165, 1.54) is 21.3 Å². The lowest BCUT2D eigenvalue weighted by molar-refractivity contribution is 1.00. The molecule has 1 aliphatic rings. The summed E-state index contributed by atoms with van der Waals surface area (Å²) in [6, 6.07) is 6.31. The van der Waals surface area contributed by atoms with Gasteiger partial charge in [0.05, 0.1) is 0 Å². The zero-order chi connectivity index (χ0) is 10.8. The van der Waals surface area contributed by atoms with Crippen LogP contribution in [0.15, 0.2) is 46.6 Å². The number of rotatable bonds is 1. The van der Waals surface area contributed by atoms with E-state index in [0.29, 0.717) is 0 Å². The summed E-state index contributed by atoms with van der Waals surface area (Å²) in [6.07, 6.45) is 6.38. The van der Waals surface area contributed by atoms with E-state index in [4.69, 9.17) is 0 Å². The van der Waals surface area contributed by atoms with Crippen LogP contribution < -0.4 is 4.90 Å². The monoisotopic (exact) mass is 263 g/mol. The van der Waals surface area contributed by atoms with Gasteiger partial charge in [-0.15, -0.1) is 0 Å². The molecule has 0 spiro atoms. The van der Waals surface area contributed by atoms with Crippen molar-refractivity contribution in [2.45, 2.75) is 13.8 Å². The quantitative estimate of drug-likeness (QED) is 0.740. The van der Waals surface area contributed by atoms with Crippen molar-refractivity contribution in [1.29, 1.82) is 0 Å². The Balaban J connectivity index is 2.35. The maximum atomic E-state index is 3.56. The van der Waals surface area contributed by atoms with Crippen LogP contribution in [0.4, 0.5) is 5.69 Å². The molecule has 0 atom stereocenters. The Hall–Kier alpha value is -1.02. The Bertz CT molecular complexity index is 432. The molecule has 0 bridgehead atoms. The SMILES string of the molecule is CC1=CC=CN(c2cccc(Br)c2C)C1. The van der Waals surface area contributed by atoms with Crippen molar-refractivity contribution < 1.29 is 0 Å². The minimum atomic E-state index is 0.980. The third kappa shape index (κ3) is 2.15. The maximum Gasteiger partial charge on any atom is 0.0450 e. The Kier molecular flexibility index (Phi) is 2.96. The van der Waals surface area contributed by atoms with Crippen molar-refractivity contribution in [2.75, 3.05) is 11.4 Å². The first kappa shape index (κ1) is 10.5. The topological polar surface area (TPSA) is 3.24 Å². The molecule has 0 fully saturated rings. The minimum absolute atomic E-state index is 0.980. The van der Waals surface area contributed by atoms with Crippen LogP contribution in [-0.4, -0.2) is 6.54 Å². The highest BCUT2D eigenvalue weighted by Gasteiger charge is 2.10. The van der Waals surface area contributed by atoms with Crippen LogP contribution in [0.25, 0.3) is 0 Å². The molecule has 0 N–H and O–H groups in total. The van der Waals surface area contributed by atoms with Gasteiger partial charge in [0.25, 0.3) is 0 Å². The summed E-state index contributed by atoms with van der Waals surface area (Å²) in [5.41, 5.74) is 3.95. The van der Waals surface area contributed by atoms with Gasteiger partial charge in [0.1, 0.15) is 0 Å². The third-order valence-electron chi connectivity index (χ3n) is 2.62. The minimum Gasteiger partial charge on any atom is -0.344 e. The summed E-state index contributed by atoms with van der Waals surface area (Å²) in [5.74, 6) is 0. The molecule has 0 saturated heterocycles. The molecule has 0 radical (unpaired) electrons. The Morgan fingerprint density at radius 2 is 2.07 bits per heavy atom. The summed E-state index contributed by atoms with van der Waals surface area (Å²) in [6.45, 7) is 5.28. The van der Waals surface area contributed by atoms with E-state index in [0.717, 1.165) is 6.54 Å². The molecule has 2 heteroatoms. The van der Waals surface area contributed by atoms with Crippen LogP contribution in [0.5, 0.6) is 0 Å². The van der Waals surface area contributed by atoms with Gasteiger partial charge in [0.2, 0.25) is 0 Å². The summed E-state index contributed by atoms with van der Waals surface area (Å²) < 4.78 is 1.17. The molecule has 0 aromatic heterocycles. The van der Waals surface area contributed by atoms with Gasteiger partial charge >= 0.3 is 0 Å². The normalized spacial score (nSPS) is 15.4. The van der Waals surface area contributed by atoms with E-state index in [9.17, 15) is 0 Å². The fourth-order valence-corrected chi connectivity index (χ4v) is 2.11. The third-order valence-corrected chi connectivity index (χ3v) is 3.47. The molecule has 78 valence electrons. The van der Waals surface area contributed by atoms with E-state index in [1.807, 2.05) is 0 Å². The Labute approximate surface area is 99.2 Å². The van der Waals surface area contributed by atoms with Crippen LogP contribution >= 0.6 is 15.9 Å². The van der Waals surface area contributed by atoms with Crippen LogP contribution in [0.2, 0.25) is 0 Å². The molecule has 1 heterocycles. The van der Waals surface area contributed by atoms with Crippen molar-refractivity contribution in [3.63, 3.8) is 0 Å². The van der Waals surface area contributed by atoms with Gasteiger partial charge < -0.3 is 4.90 Å². The number of anilines is 1. The summed E-state index contributed by atoms with van der Waals surface area (Å²) in [4.78, 5) is 2.27. The fraction of sp³-hybridized carbons (Fsp3) is 0.231. The maximum absolute atomic E-state index is 3.56. The summed E-state index contributed by atoms with van der Waals surface area (Å²) >= 11 is 3.56. The number of allylic oxidation sites excluding steroid dienone is 2. The van der Waals surface area contributed by atoms with Crippen LogP contribution in [0.1, 0.15) is 12.5 Å². The van der Waals surface area contributed by atoms with Crippen LogP contribution in [0, 0.1) is 6.92 Å². The molecule has 0 amide bonds. The van der Waals surface area contributed by atoms with Gasteiger partial charge in [-0.25, -0.2) is 0 Å². The number of hydrogen-bond donors (Lipinski definition) is 0. The smallest absolute Gasteiger partial charge is 0.0450 e. The molecule has 1 aromatic rings. The average Bonchev–Trinajstić information content (AvgIpc) is 2.22. The number of halogens is 1. The molecule has 2 rings (SSSR count). The molecular formula is C13H14BrN. The Morgan fingerprint density at radius 1 is 1.27 bits per heavy atom. The zero-order valence-corrected chi connectivity index (χ0v) is 10.6. The van der Waals surface area contributed by atoms with Gasteiger partial charge in [0, 0.05) is 22.9 Å². The van der Waals surface area contributed by atoms with Gasteiger partial charge in [-0.1, -0.05) is 33.6 Å². The van der Waals surface area contributed by atoms with E-state index in [1.54, 1.807) is 0 Å². The first-order chi connectivity index (χ1) is 7.18. The second-order valence-corrected chi connectivity index (χ2v) is 4.72. The molecule has 1 nitrogen and oxygen atoms in total. The van der Waals surface area contributed by atoms with Crippen molar-refractivity contribution in [1.82, 2.24) is 0 Å². The molecule has 1 aliphatic heterocycles. The molecule has 1 aromatic carbocycles. The highest BCUT2D eigenvalue weighted by atomic mass is 79.9. The fourth-order valence-electron chi connectivity index (χ4n) is 1.76. The van der Waals surface area contributed by atoms with E-state index in [2.05, 4.69) is 71.2 Å². The second-order valence-electron chi connectivity index (χ2n) is 3.87. The van der Waals surface area contributed by atoms with Gasteiger partial charge in [-0.3, -0.25) is 0 Å². The van der Waals surface area contributed by atoms with Gasteiger partial charge in [0.15, 0.2) is 0 Å². The molecule has 0 aliphatic carbocycles. The number of benzene rings is 1. The molecule has 0 unspecified atom stereocenters. The first-order valence-corrected chi connectivity index (χ1v) is 5.83. The second kappa shape index (κ2) is 4.23. The highest BCUT2D eigenvalue weighted by Crippen LogP contribution is 2.28. The average molecular weight is 264 g/mol. The predicted molar refractivity (Wildman–Crippen MR) is 69.1 cm³/mol. The number of hydrogen-bond acceptors (Lipinski definition) is 1. The number of nitrogens with zero attached hydrogens (tertiary/aromatic N) is 1. The molecule has 0 saturated carbocycles. The summed E-state index contributed by atoms with van der Waals surface area (Å²) in [7, 11) is 0. The molecular weight excluding hydrogens is 250 g/mol. The van der Waals surface area contributed by atoms with E-state index in [-0.39, 0.29) is 0 Å². The van der Waals surface area contributed by atoms with Crippen molar-refractivity contribution in [2.24, 2.45) is 0 Å². The zero-order valence-electron chi connectivity index (χ0n) is 9.00. The van der Waals surface area contributed by atoms with E-state index < -0.39 is 0 Å². The standard InChI is InChI=1S/C13H14BrN/c1-10-5-4-8-15(9-10)13-7-3-6-12(14)11(13)2/h3-8H,9H2,1-2H3. The van der Waals surface area contributed by atoms with Crippen molar-refractivity contribution in [3.8, 4) is 0 Å². The lowest BCUT2D eigenvalue weighted by atomic mass is 10.1.